The molecular weight excluding hydrogens is 448 g/mol. The van der Waals surface area contributed by atoms with E-state index < -0.39 is 10.0 Å². The third-order valence-electron chi connectivity index (χ3n) is 5.24. The summed E-state index contributed by atoms with van der Waals surface area (Å²) >= 11 is 0. The molecule has 0 spiro atoms. The summed E-state index contributed by atoms with van der Waals surface area (Å²) in [5, 5.41) is 2.88. The lowest BCUT2D eigenvalue weighted by atomic mass is 10.1. The number of H-pyrrole nitrogens is 1. The van der Waals surface area contributed by atoms with E-state index in [1.807, 2.05) is 42.5 Å². The predicted octanol–water partition coefficient (Wildman–Crippen LogP) is 5.28. The number of benzene rings is 4. The zero-order valence-corrected chi connectivity index (χ0v) is 18.7. The maximum absolute atomic E-state index is 12.7. The first kappa shape index (κ1) is 21.4. The van der Waals surface area contributed by atoms with Crippen LogP contribution in [0.15, 0.2) is 108 Å². The number of nitrogens with one attached hydrogen (secondary N) is 3. The fourth-order valence-corrected chi connectivity index (χ4v) is 4.62. The molecule has 5 aromatic rings. The minimum atomic E-state index is -3.70. The molecule has 0 aliphatic heterocycles. The number of fused-ring (bicyclic) bond motifs is 1. The molecule has 0 aliphatic carbocycles. The van der Waals surface area contributed by atoms with Crippen molar-refractivity contribution in [3.63, 3.8) is 0 Å². The second-order valence-corrected chi connectivity index (χ2v) is 9.32. The van der Waals surface area contributed by atoms with Crippen molar-refractivity contribution in [3.05, 3.63) is 109 Å². The normalized spacial score (nSPS) is 11.3. The highest BCUT2D eigenvalue weighted by Gasteiger charge is 2.14. The topological polar surface area (TPSA) is 104 Å². The lowest BCUT2D eigenvalue weighted by Crippen LogP contribution is -2.14. The molecule has 0 bridgehead atoms. The Labute approximate surface area is 196 Å². The van der Waals surface area contributed by atoms with Gasteiger partial charge in [-0.15, -0.1) is 0 Å². The third-order valence-corrected chi connectivity index (χ3v) is 6.63. The number of aromatic nitrogens is 2. The number of aromatic amines is 1. The van der Waals surface area contributed by atoms with Crippen LogP contribution >= 0.6 is 0 Å². The van der Waals surface area contributed by atoms with E-state index in [9.17, 15) is 13.2 Å². The van der Waals surface area contributed by atoms with Crippen LogP contribution in [0.25, 0.3) is 22.4 Å². The Kier molecular flexibility index (Phi) is 5.57. The van der Waals surface area contributed by atoms with E-state index in [0.717, 1.165) is 16.6 Å². The van der Waals surface area contributed by atoms with Crippen LogP contribution in [0.3, 0.4) is 0 Å². The summed E-state index contributed by atoms with van der Waals surface area (Å²) in [6, 6.07) is 29.5. The van der Waals surface area contributed by atoms with Crippen LogP contribution in [-0.2, 0) is 10.0 Å². The molecule has 0 saturated heterocycles. The van der Waals surface area contributed by atoms with Gasteiger partial charge in [-0.25, -0.2) is 13.4 Å². The summed E-state index contributed by atoms with van der Waals surface area (Å²) < 4.78 is 27.5. The Balaban J connectivity index is 1.30. The van der Waals surface area contributed by atoms with Gasteiger partial charge >= 0.3 is 0 Å². The number of hydrogen-bond donors (Lipinski definition) is 3. The molecule has 0 unspecified atom stereocenters. The molecule has 8 heteroatoms. The molecule has 5 rings (SSSR count). The van der Waals surface area contributed by atoms with E-state index in [0.29, 0.717) is 22.8 Å². The first-order valence-electron chi connectivity index (χ1n) is 10.5. The lowest BCUT2D eigenvalue weighted by molar-refractivity contribution is 0.102. The predicted molar refractivity (Wildman–Crippen MR) is 133 cm³/mol. The number of rotatable bonds is 6. The van der Waals surface area contributed by atoms with Crippen LogP contribution in [0, 0.1) is 0 Å². The second-order valence-electron chi connectivity index (χ2n) is 7.63. The average molecular weight is 469 g/mol. The minimum absolute atomic E-state index is 0.168. The highest BCUT2D eigenvalue weighted by atomic mass is 32.2. The monoisotopic (exact) mass is 468 g/mol. The van der Waals surface area contributed by atoms with Gasteiger partial charge in [0.25, 0.3) is 15.9 Å². The van der Waals surface area contributed by atoms with Gasteiger partial charge in [0.15, 0.2) is 0 Å². The molecule has 1 heterocycles. The van der Waals surface area contributed by atoms with Crippen molar-refractivity contribution >= 4 is 38.3 Å². The van der Waals surface area contributed by atoms with Gasteiger partial charge in [0.05, 0.1) is 15.9 Å². The molecule has 168 valence electrons. The zero-order valence-electron chi connectivity index (χ0n) is 17.9. The molecule has 1 amide bonds. The van der Waals surface area contributed by atoms with Gasteiger partial charge in [0.1, 0.15) is 5.82 Å². The smallest absolute Gasteiger partial charge is 0.261 e. The molecule has 3 N–H and O–H groups in total. The van der Waals surface area contributed by atoms with Crippen LogP contribution in [0.5, 0.6) is 0 Å². The summed E-state index contributed by atoms with van der Waals surface area (Å²) in [6.07, 6.45) is 0. The summed E-state index contributed by atoms with van der Waals surface area (Å²) in [4.78, 5) is 20.8. The molecule has 7 nitrogen and oxygen atoms in total. The molecule has 0 atom stereocenters. The number of amides is 1. The van der Waals surface area contributed by atoms with Crippen molar-refractivity contribution in [1.29, 1.82) is 0 Å². The number of anilines is 2. The van der Waals surface area contributed by atoms with Crippen molar-refractivity contribution in [3.8, 4) is 11.4 Å². The van der Waals surface area contributed by atoms with Crippen molar-refractivity contribution in [2.45, 2.75) is 4.90 Å². The fraction of sp³-hybridized carbons (Fsp3) is 0. The maximum atomic E-state index is 12.7. The first-order valence-corrected chi connectivity index (χ1v) is 12.0. The van der Waals surface area contributed by atoms with Crippen molar-refractivity contribution < 1.29 is 13.2 Å². The van der Waals surface area contributed by atoms with E-state index in [1.165, 1.54) is 12.1 Å². The number of para-hydroxylation sites is 2. The van der Waals surface area contributed by atoms with E-state index in [1.54, 1.807) is 48.5 Å². The van der Waals surface area contributed by atoms with Gasteiger partial charge in [0.2, 0.25) is 0 Å². The van der Waals surface area contributed by atoms with Gasteiger partial charge in [-0.05, 0) is 60.7 Å². The van der Waals surface area contributed by atoms with E-state index in [2.05, 4.69) is 20.0 Å². The summed E-state index contributed by atoms with van der Waals surface area (Å²) in [7, 11) is -3.70. The molecule has 34 heavy (non-hydrogen) atoms. The summed E-state index contributed by atoms with van der Waals surface area (Å²) in [5.41, 5.74) is 4.05. The molecule has 1 aromatic heterocycles. The maximum Gasteiger partial charge on any atom is 0.261 e. The van der Waals surface area contributed by atoms with Crippen molar-refractivity contribution in [2.75, 3.05) is 10.0 Å². The Bertz CT molecular complexity index is 1540. The lowest BCUT2D eigenvalue weighted by Gasteiger charge is -2.10. The van der Waals surface area contributed by atoms with Crippen LogP contribution in [0.1, 0.15) is 10.4 Å². The molecule has 4 aromatic carbocycles. The summed E-state index contributed by atoms with van der Waals surface area (Å²) in [5.74, 6) is 0.409. The number of nitrogens with zero attached hydrogens (tertiary/aromatic N) is 1. The highest BCUT2D eigenvalue weighted by Crippen LogP contribution is 2.24. The number of hydrogen-bond acceptors (Lipinski definition) is 4. The van der Waals surface area contributed by atoms with Gasteiger partial charge in [-0.2, -0.15) is 0 Å². The Morgan fingerprint density at radius 1 is 0.765 bits per heavy atom. The van der Waals surface area contributed by atoms with Gasteiger partial charge in [0, 0.05) is 22.5 Å². The number of sulfonamides is 1. The Morgan fingerprint density at radius 3 is 2.26 bits per heavy atom. The number of imidazole rings is 1. The summed E-state index contributed by atoms with van der Waals surface area (Å²) in [6.45, 7) is 0. The molecule has 0 radical (unpaired) electrons. The Morgan fingerprint density at radius 2 is 1.50 bits per heavy atom. The third kappa shape index (κ3) is 4.53. The standard InChI is InChI=1S/C26H20N4O3S/c31-26(18-13-15-20(16-14-18)30-34(32,33)22-9-2-1-3-10-22)27-21-8-6-7-19(17-21)25-28-23-11-4-5-12-24(23)29-25/h1-17,30H,(H,27,31)(H,28,29). The number of carbonyl (C=O) groups excluding carboxylic acids is 1. The van der Waals surface area contributed by atoms with Crippen LogP contribution in [-0.4, -0.2) is 24.3 Å². The van der Waals surface area contributed by atoms with Crippen molar-refractivity contribution in [2.24, 2.45) is 0 Å². The SMILES string of the molecule is O=C(Nc1cccc(-c2nc3ccccc3[nH]2)c1)c1ccc(NS(=O)(=O)c2ccccc2)cc1. The minimum Gasteiger partial charge on any atom is -0.338 e. The van der Waals surface area contributed by atoms with Gasteiger partial charge in [-0.1, -0.05) is 42.5 Å². The number of carbonyl (C=O) groups is 1. The second kappa shape index (κ2) is 8.84. The quantitative estimate of drug-likeness (QED) is 0.315. The van der Waals surface area contributed by atoms with Gasteiger partial charge < -0.3 is 10.3 Å². The average Bonchev–Trinajstić information content (AvgIpc) is 3.29. The zero-order chi connectivity index (χ0) is 23.5. The molecule has 0 saturated carbocycles. The molecular formula is C26H20N4O3S. The molecule has 0 fully saturated rings. The van der Waals surface area contributed by atoms with E-state index >= 15 is 0 Å². The van der Waals surface area contributed by atoms with Crippen LogP contribution < -0.4 is 10.0 Å². The van der Waals surface area contributed by atoms with Crippen LogP contribution in [0.2, 0.25) is 0 Å². The van der Waals surface area contributed by atoms with Crippen LogP contribution in [0.4, 0.5) is 11.4 Å². The fourth-order valence-electron chi connectivity index (χ4n) is 3.54. The largest absolute Gasteiger partial charge is 0.338 e. The van der Waals surface area contributed by atoms with E-state index in [4.69, 9.17) is 0 Å². The first-order chi connectivity index (χ1) is 16.5. The van der Waals surface area contributed by atoms with Gasteiger partial charge in [-0.3, -0.25) is 9.52 Å². The highest BCUT2D eigenvalue weighted by molar-refractivity contribution is 7.92. The van der Waals surface area contributed by atoms with Crippen molar-refractivity contribution in [1.82, 2.24) is 9.97 Å². The molecule has 0 aliphatic rings. The Hall–Kier alpha value is -4.43. The van der Waals surface area contributed by atoms with E-state index in [-0.39, 0.29) is 10.8 Å².